The van der Waals surface area contributed by atoms with Gasteiger partial charge in [0.15, 0.2) is 16.8 Å². The zero-order chi connectivity index (χ0) is 28.3. The summed E-state index contributed by atoms with van der Waals surface area (Å²) >= 11 is 1.12. The Kier molecular flexibility index (Phi) is 8.34. The fraction of sp³-hybridized carbons (Fsp3) is 0.276. The number of hydrogen-bond acceptors (Lipinski definition) is 6. The number of carbonyl (C=O) groups is 1. The van der Waals surface area contributed by atoms with Crippen LogP contribution in [0.4, 0.5) is 13.2 Å². The molecule has 0 spiro atoms. The summed E-state index contributed by atoms with van der Waals surface area (Å²) in [5.74, 6) is 1.43. The Morgan fingerprint density at radius 3 is 2.18 bits per heavy atom. The zero-order valence-corrected chi connectivity index (χ0v) is 23.0. The lowest BCUT2D eigenvalue weighted by molar-refractivity contribution is -0.137. The van der Waals surface area contributed by atoms with E-state index in [0.717, 1.165) is 46.1 Å². The highest BCUT2D eigenvalue weighted by atomic mass is 32.2. The van der Waals surface area contributed by atoms with E-state index in [1.807, 2.05) is 33.8 Å². The van der Waals surface area contributed by atoms with Crippen LogP contribution in [-0.4, -0.2) is 33.4 Å². The van der Waals surface area contributed by atoms with Gasteiger partial charge in [-0.05, 0) is 92.4 Å². The standard InChI is InChI=1S/C29H28F3N3O3S/c1-17-13-18(2)20(4)27(19(17)3)25(36)16-39-28-34-33-26(15-38-24-11-9-23(37-5)10-12-24)35(28)22-8-6-7-21(14-22)29(30,31)32/h6-14H,15-16H2,1-5H3. The van der Waals surface area contributed by atoms with Gasteiger partial charge in [0.25, 0.3) is 0 Å². The summed E-state index contributed by atoms with van der Waals surface area (Å²) in [6.07, 6.45) is -4.52. The maximum Gasteiger partial charge on any atom is 0.416 e. The maximum atomic E-state index is 13.5. The molecular weight excluding hydrogens is 527 g/mol. The van der Waals surface area contributed by atoms with Gasteiger partial charge in [-0.1, -0.05) is 23.9 Å². The van der Waals surface area contributed by atoms with E-state index in [0.29, 0.717) is 22.9 Å². The minimum Gasteiger partial charge on any atom is -0.497 e. The first kappa shape index (κ1) is 28.2. The summed E-state index contributed by atoms with van der Waals surface area (Å²) in [7, 11) is 1.56. The van der Waals surface area contributed by atoms with Crippen LogP contribution >= 0.6 is 11.8 Å². The Labute approximate surface area is 229 Å². The van der Waals surface area contributed by atoms with E-state index < -0.39 is 11.7 Å². The second-order valence-electron chi connectivity index (χ2n) is 9.09. The van der Waals surface area contributed by atoms with Crippen molar-refractivity contribution in [3.63, 3.8) is 0 Å². The third-order valence-electron chi connectivity index (χ3n) is 6.54. The molecule has 6 nitrogen and oxygen atoms in total. The minimum absolute atomic E-state index is 0.0427. The lowest BCUT2D eigenvalue weighted by atomic mass is 9.92. The third-order valence-corrected chi connectivity index (χ3v) is 7.47. The Hall–Kier alpha value is -3.79. The molecule has 1 heterocycles. The van der Waals surface area contributed by atoms with E-state index in [4.69, 9.17) is 9.47 Å². The van der Waals surface area contributed by atoms with E-state index in [9.17, 15) is 18.0 Å². The Morgan fingerprint density at radius 1 is 0.923 bits per heavy atom. The maximum absolute atomic E-state index is 13.5. The van der Waals surface area contributed by atoms with Crippen LogP contribution in [0.5, 0.6) is 11.5 Å². The summed E-state index contributed by atoms with van der Waals surface area (Å²) in [6, 6.07) is 13.8. The van der Waals surface area contributed by atoms with Gasteiger partial charge < -0.3 is 9.47 Å². The van der Waals surface area contributed by atoms with Crippen LogP contribution in [0.1, 0.15) is 44.0 Å². The van der Waals surface area contributed by atoms with E-state index in [2.05, 4.69) is 10.2 Å². The third kappa shape index (κ3) is 6.27. The van der Waals surface area contributed by atoms with E-state index in [-0.39, 0.29) is 29.0 Å². The van der Waals surface area contributed by atoms with Crippen LogP contribution in [-0.2, 0) is 12.8 Å². The van der Waals surface area contributed by atoms with Gasteiger partial charge in [-0.25, -0.2) is 0 Å². The van der Waals surface area contributed by atoms with Crippen molar-refractivity contribution >= 4 is 17.5 Å². The molecular formula is C29H28F3N3O3S. The number of Topliss-reactive ketones (excluding diaryl/α,β-unsaturated/α-hetero) is 1. The number of halogens is 3. The van der Waals surface area contributed by atoms with E-state index in [1.165, 1.54) is 10.6 Å². The predicted octanol–water partition coefficient (Wildman–Crippen LogP) is 7.08. The highest BCUT2D eigenvalue weighted by Gasteiger charge is 2.31. The lowest BCUT2D eigenvalue weighted by Crippen LogP contribution is -2.12. The number of alkyl halides is 3. The molecule has 0 atom stereocenters. The van der Waals surface area contributed by atoms with Crippen molar-refractivity contribution in [2.75, 3.05) is 12.9 Å². The Morgan fingerprint density at radius 2 is 1.56 bits per heavy atom. The van der Waals surface area contributed by atoms with Gasteiger partial charge in [-0.2, -0.15) is 13.2 Å². The largest absolute Gasteiger partial charge is 0.497 e. The quantitative estimate of drug-likeness (QED) is 0.162. The number of thioether (sulfide) groups is 1. The van der Waals surface area contributed by atoms with Gasteiger partial charge in [0.1, 0.15) is 18.1 Å². The van der Waals surface area contributed by atoms with Crippen molar-refractivity contribution in [1.29, 1.82) is 0 Å². The number of aromatic nitrogens is 3. The predicted molar refractivity (Wildman–Crippen MR) is 144 cm³/mol. The smallest absolute Gasteiger partial charge is 0.416 e. The molecule has 10 heteroatoms. The molecule has 0 saturated carbocycles. The highest BCUT2D eigenvalue weighted by molar-refractivity contribution is 7.99. The minimum atomic E-state index is -4.52. The number of ketones is 1. The Bertz CT molecular complexity index is 1470. The molecule has 0 amide bonds. The second-order valence-corrected chi connectivity index (χ2v) is 10.0. The van der Waals surface area contributed by atoms with Gasteiger partial charge in [-0.15, -0.1) is 10.2 Å². The number of hydrogen-bond donors (Lipinski definition) is 0. The topological polar surface area (TPSA) is 66.2 Å². The van der Waals surface area contributed by atoms with Gasteiger partial charge >= 0.3 is 6.18 Å². The number of ether oxygens (including phenoxy) is 2. The summed E-state index contributed by atoms with van der Waals surface area (Å²) in [4.78, 5) is 13.3. The normalized spacial score (nSPS) is 11.5. The first-order valence-corrected chi connectivity index (χ1v) is 13.1. The molecule has 0 bridgehead atoms. The van der Waals surface area contributed by atoms with Crippen LogP contribution in [0.15, 0.2) is 59.8 Å². The van der Waals surface area contributed by atoms with E-state index >= 15 is 0 Å². The highest BCUT2D eigenvalue weighted by Crippen LogP contribution is 2.32. The second kappa shape index (κ2) is 11.5. The molecule has 4 rings (SSSR count). The molecule has 0 fully saturated rings. The number of carbonyl (C=O) groups excluding carboxylic acids is 1. The average molecular weight is 556 g/mol. The van der Waals surface area contributed by atoms with E-state index in [1.54, 1.807) is 37.4 Å². The fourth-order valence-corrected chi connectivity index (χ4v) is 5.07. The van der Waals surface area contributed by atoms with Crippen LogP contribution in [0.2, 0.25) is 0 Å². The Balaban J connectivity index is 1.66. The molecule has 0 aliphatic heterocycles. The average Bonchev–Trinajstić information content (AvgIpc) is 3.32. The number of rotatable bonds is 9. The van der Waals surface area contributed by atoms with Gasteiger partial charge in [0, 0.05) is 5.56 Å². The lowest BCUT2D eigenvalue weighted by Gasteiger charge is -2.15. The van der Waals surface area contributed by atoms with Gasteiger partial charge in [-0.3, -0.25) is 9.36 Å². The molecule has 204 valence electrons. The number of nitrogens with zero attached hydrogens (tertiary/aromatic N) is 3. The molecule has 39 heavy (non-hydrogen) atoms. The summed E-state index contributed by atoms with van der Waals surface area (Å²) < 4.78 is 53.0. The van der Waals surface area contributed by atoms with Crippen molar-refractivity contribution in [3.8, 4) is 17.2 Å². The molecule has 4 aromatic rings. The summed E-state index contributed by atoms with van der Waals surface area (Å²) in [6.45, 7) is 7.70. The van der Waals surface area contributed by atoms with Crippen molar-refractivity contribution in [1.82, 2.24) is 14.8 Å². The van der Waals surface area contributed by atoms with Crippen molar-refractivity contribution in [2.24, 2.45) is 0 Å². The molecule has 3 aromatic carbocycles. The number of methoxy groups -OCH3 is 1. The molecule has 0 aliphatic rings. The first-order valence-electron chi connectivity index (χ1n) is 12.1. The number of aryl methyl sites for hydroxylation is 2. The SMILES string of the molecule is COc1ccc(OCc2nnc(SCC(=O)c3c(C)c(C)cc(C)c3C)n2-c2cccc(C(F)(F)F)c2)cc1. The molecule has 0 aliphatic carbocycles. The van der Waals surface area contributed by atoms with Gasteiger partial charge in [0.05, 0.1) is 24.1 Å². The van der Waals surface area contributed by atoms with Crippen LogP contribution < -0.4 is 9.47 Å². The van der Waals surface area contributed by atoms with Gasteiger partial charge in [0.2, 0.25) is 0 Å². The van der Waals surface area contributed by atoms with Crippen molar-refractivity contribution in [3.05, 3.63) is 93.8 Å². The van der Waals surface area contributed by atoms with Crippen molar-refractivity contribution < 1.29 is 27.4 Å². The first-order chi connectivity index (χ1) is 18.5. The van der Waals surface area contributed by atoms with Crippen LogP contribution in [0.25, 0.3) is 5.69 Å². The van der Waals surface area contributed by atoms with Crippen molar-refractivity contribution in [2.45, 2.75) is 45.6 Å². The summed E-state index contributed by atoms with van der Waals surface area (Å²) in [5, 5.41) is 8.70. The summed E-state index contributed by atoms with van der Waals surface area (Å²) in [5.41, 5.74) is 3.95. The zero-order valence-electron chi connectivity index (χ0n) is 22.2. The molecule has 0 saturated heterocycles. The van der Waals surface area contributed by atoms with Crippen LogP contribution in [0.3, 0.4) is 0 Å². The monoisotopic (exact) mass is 555 g/mol. The van der Waals surface area contributed by atoms with Crippen LogP contribution in [0, 0.1) is 27.7 Å². The fourth-order valence-electron chi connectivity index (χ4n) is 4.23. The molecule has 1 aromatic heterocycles. The molecule has 0 N–H and O–H groups in total. The molecule has 0 radical (unpaired) electrons. The molecule has 0 unspecified atom stereocenters. The number of benzene rings is 3.